The van der Waals surface area contributed by atoms with Gasteiger partial charge in [-0.3, -0.25) is 19.4 Å². The van der Waals surface area contributed by atoms with Crippen molar-refractivity contribution in [2.24, 2.45) is 11.5 Å². The van der Waals surface area contributed by atoms with E-state index in [1.54, 1.807) is 24.5 Å². The number of benzene rings is 1. The molecule has 7 N–H and O–H groups in total. The molecule has 0 aliphatic heterocycles. The van der Waals surface area contributed by atoms with Gasteiger partial charge in [-0.2, -0.15) is 0 Å². The molecule has 1 aromatic carbocycles. The van der Waals surface area contributed by atoms with Crippen LogP contribution < -0.4 is 22.1 Å². The molecular weight excluding hydrogens is 384 g/mol. The Labute approximate surface area is 173 Å². The van der Waals surface area contributed by atoms with E-state index in [9.17, 15) is 14.4 Å². The van der Waals surface area contributed by atoms with Gasteiger partial charge in [-0.1, -0.05) is 24.3 Å². The number of nitrogens with zero attached hydrogens (tertiary/aromatic N) is 1. The van der Waals surface area contributed by atoms with Crippen molar-refractivity contribution >= 4 is 28.6 Å². The minimum atomic E-state index is -0.921. The highest BCUT2D eigenvalue weighted by atomic mass is 16.2. The third kappa shape index (κ3) is 5.42. The van der Waals surface area contributed by atoms with Gasteiger partial charge in [-0.05, 0) is 29.7 Å². The number of nitrogens with two attached hydrogens (primary N) is 2. The van der Waals surface area contributed by atoms with Gasteiger partial charge in [0.15, 0.2) is 0 Å². The topological polar surface area (TPSA) is 156 Å². The smallest absolute Gasteiger partial charge is 0.243 e. The van der Waals surface area contributed by atoms with Crippen molar-refractivity contribution in [1.29, 1.82) is 0 Å². The molecule has 0 aliphatic carbocycles. The van der Waals surface area contributed by atoms with Crippen LogP contribution in [0.5, 0.6) is 0 Å². The van der Waals surface area contributed by atoms with Crippen LogP contribution in [0.1, 0.15) is 11.1 Å². The Kier molecular flexibility index (Phi) is 6.76. The van der Waals surface area contributed by atoms with E-state index in [-0.39, 0.29) is 13.0 Å². The summed E-state index contributed by atoms with van der Waals surface area (Å²) >= 11 is 0. The van der Waals surface area contributed by atoms with Gasteiger partial charge in [-0.15, -0.1) is 0 Å². The molecule has 0 unspecified atom stereocenters. The number of rotatable bonds is 9. The number of aromatic nitrogens is 2. The summed E-state index contributed by atoms with van der Waals surface area (Å²) < 4.78 is 0. The maximum absolute atomic E-state index is 12.7. The zero-order valence-electron chi connectivity index (χ0n) is 16.3. The second kappa shape index (κ2) is 9.66. The Bertz CT molecular complexity index is 1030. The highest BCUT2D eigenvalue weighted by Gasteiger charge is 2.25. The lowest BCUT2D eigenvalue weighted by Gasteiger charge is -2.20. The molecule has 9 heteroatoms. The van der Waals surface area contributed by atoms with Gasteiger partial charge >= 0.3 is 0 Å². The standard InChI is InChI=1S/C21H24N6O3/c22-16(9-14-11-25-17-6-2-1-5-15(14)17)20(29)27-18(21(30)26-12-19(23)28)8-13-4-3-7-24-10-13/h1-7,10-11,16,18,25H,8-9,12,22H2,(H2,23,28)(H,26,30)(H,27,29)/t16-,18+/m0/s1. The predicted octanol–water partition coefficient (Wildman–Crippen LogP) is -0.238. The minimum Gasteiger partial charge on any atom is -0.368 e. The van der Waals surface area contributed by atoms with Crippen LogP contribution in [0.4, 0.5) is 0 Å². The molecule has 0 radical (unpaired) electrons. The van der Waals surface area contributed by atoms with Crippen LogP contribution in [0.25, 0.3) is 10.9 Å². The number of fused-ring (bicyclic) bond motifs is 1. The number of carbonyl (C=O) groups is 3. The van der Waals surface area contributed by atoms with E-state index in [4.69, 9.17) is 11.5 Å². The summed E-state index contributed by atoms with van der Waals surface area (Å²) in [5.74, 6) is -1.67. The lowest BCUT2D eigenvalue weighted by atomic mass is 10.0. The molecule has 0 saturated carbocycles. The first kappa shape index (κ1) is 21.0. The lowest BCUT2D eigenvalue weighted by molar-refractivity contribution is -0.130. The normalized spacial score (nSPS) is 12.8. The molecule has 0 saturated heterocycles. The number of H-pyrrole nitrogens is 1. The molecule has 0 aliphatic rings. The third-order valence-corrected chi connectivity index (χ3v) is 4.68. The number of carbonyl (C=O) groups excluding carboxylic acids is 3. The minimum absolute atomic E-state index is 0.198. The first-order chi connectivity index (χ1) is 14.4. The zero-order valence-corrected chi connectivity index (χ0v) is 16.3. The van der Waals surface area contributed by atoms with Gasteiger partial charge in [0.2, 0.25) is 17.7 Å². The van der Waals surface area contributed by atoms with Crippen molar-refractivity contribution < 1.29 is 14.4 Å². The van der Waals surface area contributed by atoms with Gasteiger partial charge in [-0.25, -0.2) is 0 Å². The second-order valence-corrected chi connectivity index (χ2v) is 6.98. The Morgan fingerprint density at radius 3 is 2.60 bits per heavy atom. The quantitative estimate of drug-likeness (QED) is 0.330. The average Bonchev–Trinajstić information content (AvgIpc) is 3.15. The summed E-state index contributed by atoms with van der Waals surface area (Å²) in [5, 5.41) is 6.10. The summed E-state index contributed by atoms with van der Waals surface area (Å²) in [5.41, 5.74) is 13.8. The number of para-hydroxylation sites is 1. The first-order valence-electron chi connectivity index (χ1n) is 9.50. The van der Waals surface area contributed by atoms with Gasteiger partial charge < -0.3 is 27.1 Å². The van der Waals surface area contributed by atoms with Crippen molar-refractivity contribution in [2.75, 3.05) is 6.54 Å². The van der Waals surface area contributed by atoms with Crippen LogP contribution in [-0.4, -0.2) is 46.3 Å². The van der Waals surface area contributed by atoms with Crippen LogP contribution in [-0.2, 0) is 27.2 Å². The molecular formula is C21H24N6O3. The molecule has 3 aromatic rings. The van der Waals surface area contributed by atoms with E-state index in [1.807, 2.05) is 30.5 Å². The summed E-state index contributed by atoms with van der Waals surface area (Å²) in [4.78, 5) is 43.4. The SMILES string of the molecule is NC(=O)CNC(=O)[C@@H](Cc1cccnc1)NC(=O)[C@@H](N)Cc1c[nH]c2ccccc12. The fourth-order valence-corrected chi connectivity index (χ4v) is 3.17. The van der Waals surface area contributed by atoms with E-state index in [2.05, 4.69) is 20.6 Å². The summed E-state index contributed by atoms with van der Waals surface area (Å²) in [7, 11) is 0. The predicted molar refractivity (Wildman–Crippen MR) is 112 cm³/mol. The maximum atomic E-state index is 12.7. The van der Waals surface area contributed by atoms with Gasteiger partial charge in [0.1, 0.15) is 6.04 Å². The molecule has 0 bridgehead atoms. The Balaban J connectivity index is 1.69. The number of amides is 3. The van der Waals surface area contributed by atoms with Crippen molar-refractivity contribution in [3.05, 3.63) is 66.1 Å². The molecule has 156 valence electrons. The third-order valence-electron chi connectivity index (χ3n) is 4.68. The van der Waals surface area contributed by atoms with Gasteiger partial charge in [0.25, 0.3) is 0 Å². The first-order valence-corrected chi connectivity index (χ1v) is 9.50. The summed E-state index contributed by atoms with van der Waals surface area (Å²) in [6, 6.07) is 9.48. The van der Waals surface area contributed by atoms with Crippen molar-refractivity contribution in [3.63, 3.8) is 0 Å². The Morgan fingerprint density at radius 1 is 1.07 bits per heavy atom. The highest BCUT2D eigenvalue weighted by Crippen LogP contribution is 2.18. The lowest BCUT2D eigenvalue weighted by Crippen LogP contribution is -2.53. The Hall–Kier alpha value is -3.72. The molecule has 30 heavy (non-hydrogen) atoms. The molecule has 0 spiro atoms. The van der Waals surface area contributed by atoms with E-state index >= 15 is 0 Å². The van der Waals surface area contributed by atoms with Crippen LogP contribution in [0.15, 0.2) is 55.0 Å². The summed E-state index contributed by atoms with van der Waals surface area (Å²) in [6.07, 6.45) is 5.54. The van der Waals surface area contributed by atoms with Crippen LogP contribution >= 0.6 is 0 Å². The molecule has 2 heterocycles. The van der Waals surface area contributed by atoms with E-state index in [1.165, 1.54) is 0 Å². The Morgan fingerprint density at radius 2 is 1.87 bits per heavy atom. The van der Waals surface area contributed by atoms with Crippen molar-refractivity contribution in [1.82, 2.24) is 20.6 Å². The number of pyridine rings is 1. The molecule has 2 atom stereocenters. The molecule has 9 nitrogen and oxygen atoms in total. The monoisotopic (exact) mass is 408 g/mol. The second-order valence-electron chi connectivity index (χ2n) is 6.98. The average molecular weight is 408 g/mol. The fraction of sp³-hybridized carbons (Fsp3) is 0.238. The van der Waals surface area contributed by atoms with E-state index in [0.29, 0.717) is 6.42 Å². The highest BCUT2D eigenvalue weighted by molar-refractivity contribution is 5.92. The number of aromatic amines is 1. The van der Waals surface area contributed by atoms with E-state index in [0.717, 1.165) is 22.0 Å². The van der Waals surface area contributed by atoms with Crippen LogP contribution in [0.3, 0.4) is 0 Å². The number of nitrogens with one attached hydrogen (secondary N) is 3. The van der Waals surface area contributed by atoms with Gasteiger partial charge in [0.05, 0.1) is 12.6 Å². The largest absolute Gasteiger partial charge is 0.368 e. The molecule has 3 amide bonds. The maximum Gasteiger partial charge on any atom is 0.243 e. The number of hydrogen-bond acceptors (Lipinski definition) is 5. The zero-order chi connectivity index (χ0) is 21.5. The molecule has 0 fully saturated rings. The van der Waals surface area contributed by atoms with Crippen molar-refractivity contribution in [2.45, 2.75) is 24.9 Å². The van der Waals surface area contributed by atoms with Crippen molar-refractivity contribution in [3.8, 4) is 0 Å². The van der Waals surface area contributed by atoms with Crippen LogP contribution in [0, 0.1) is 0 Å². The van der Waals surface area contributed by atoms with Gasteiger partial charge in [0, 0.05) is 35.9 Å². The molecule has 3 rings (SSSR count). The fourth-order valence-electron chi connectivity index (χ4n) is 3.17. The van der Waals surface area contributed by atoms with Crippen LogP contribution in [0.2, 0.25) is 0 Å². The molecule has 2 aromatic heterocycles. The summed E-state index contributed by atoms with van der Waals surface area (Å²) in [6.45, 7) is -0.320. The number of hydrogen-bond donors (Lipinski definition) is 5. The number of primary amides is 1. The van der Waals surface area contributed by atoms with E-state index < -0.39 is 29.8 Å².